The smallest absolute Gasteiger partial charge is 0.131 e. The highest BCUT2D eigenvalue weighted by atomic mass is 16.5. The molecule has 1 fully saturated rings. The SMILES string of the molecule is CC1COCCN1c1cc(C#N)c2ccnc(-c3ccn[nH]3)c2n1. The van der Waals surface area contributed by atoms with Crippen molar-refractivity contribution in [3.63, 3.8) is 0 Å². The van der Waals surface area contributed by atoms with Crippen LogP contribution in [0.3, 0.4) is 0 Å². The van der Waals surface area contributed by atoms with Crippen molar-refractivity contribution in [3.8, 4) is 17.5 Å². The molecule has 0 amide bonds. The van der Waals surface area contributed by atoms with Gasteiger partial charge < -0.3 is 9.64 Å². The Balaban J connectivity index is 1.94. The number of fused-ring (bicyclic) bond motifs is 1. The monoisotopic (exact) mass is 320 g/mol. The molecular formula is C17H16N6O. The Morgan fingerprint density at radius 1 is 1.38 bits per heavy atom. The van der Waals surface area contributed by atoms with Gasteiger partial charge in [0.25, 0.3) is 0 Å². The minimum absolute atomic E-state index is 0.211. The molecule has 0 aromatic carbocycles. The van der Waals surface area contributed by atoms with Crippen LogP contribution in [-0.2, 0) is 4.74 Å². The molecule has 3 aromatic heterocycles. The van der Waals surface area contributed by atoms with E-state index in [0.717, 1.165) is 23.4 Å². The largest absolute Gasteiger partial charge is 0.377 e. The molecule has 4 rings (SSSR count). The maximum atomic E-state index is 9.58. The lowest BCUT2D eigenvalue weighted by Gasteiger charge is -2.34. The summed E-state index contributed by atoms with van der Waals surface area (Å²) >= 11 is 0. The Hall–Kier alpha value is -2.98. The minimum atomic E-state index is 0.211. The molecule has 0 saturated carbocycles. The zero-order valence-electron chi connectivity index (χ0n) is 13.2. The molecule has 1 saturated heterocycles. The summed E-state index contributed by atoms with van der Waals surface area (Å²) in [5.41, 5.74) is 2.78. The van der Waals surface area contributed by atoms with Crippen LogP contribution in [0.4, 0.5) is 5.82 Å². The van der Waals surface area contributed by atoms with E-state index in [1.807, 2.05) is 18.2 Å². The Morgan fingerprint density at radius 3 is 3.04 bits per heavy atom. The number of anilines is 1. The summed E-state index contributed by atoms with van der Waals surface area (Å²) in [6.45, 7) is 4.16. The predicted molar refractivity (Wildman–Crippen MR) is 89.5 cm³/mol. The van der Waals surface area contributed by atoms with Crippen molar-refractivity contribution < 1.29 is 4.74 Å². The fourth-order valence-electron chi connectivity index (χ4n) is 3.03. The number of rotatable bonds is 2. The fraction of sp³-hybridized carbons (Fsp3) is 0.294. The molecule has 1 atom stereocenters. The van der Waals surface area contributed by atoms with Gasteiger partial charge in [-0.25, -0.2) is 4.98 Å². The summed E-state index contributed by atoms with van der Waals surface area (Å²) in [7, 11) is 0. The lowest BCUT2D eigenvalue weighted by Crippen LogP contribution is -2.44. The molecule has 120 valence electrons. The van der Waals surface area contributed by atoms with E-state index in [1.54, 1.807) is 12.4 Å². The highest BCUT2D eigenvalue weighted by Crippen LogP contribution is 2.29. The first-order valence-electron chi connectivity index (χ1n) is 7.82. The van der Waals surface area contributed by atoms with Crippen LogP contribution in [0.2, 0.25) is 0 Å². The van der Waals surface area contributed by atoms with Crippen molar-refractivity contribution in [1.82, 2.24) is 20.2 Å². The van der Waals surface area contributed by atoms with Gasteiger partial charge in [0.15, 0.2) is 0 Å². The lowest BCUT2D eigenvalue weighted by molar-refractivity contribution is 0.0985. The summed E-state index contributed by atoms with van der Waals surface area (Å²) < 4.78 is 5.50. The zero-order chi connectivity index (χ0) is 16.5. The van der Waals surface area contributed by atoms with Crippen LogP contribution >= 0.6 is 0 Å². The van der Waals surface area contributed by atoms with Crippen molar-refractivity contribution in [2.45, 2.75) is 13.0 Å². The Kier molecular flexibility index (Phi) is 3.59. The van der Waals surface area contributed by atoms with E-state index >= 15 is 0 Å². The van der Waals surface area contributed by atoms with Crippen molar-refractivity contribution in [2.24, 2.45) is 0 Å². The maximum absolute atomic E-state index is 9.58. The molecule has 0 radical (unpaired) electrons. The molecular weight excluding hydrogens is 304 g/mol. The number of nitrogens with one attached hydrogen (secondary N) is 1. The van der Waals surface area contributed by atoms with Gasteiger partial charge in [0.2, 0.25) is 0 Å². The Morgan fingerprint density at radius 2 is 2.29 bits per heavy atom. The van der Waals surface area contributed by atoms with Gasteiger partial charge in [-0.3, -0.25) is 10.1 Å². The van der Waals surface area contributed by atoms with E-state index < -0.39 is 0 Å². The van der Waals surface area contributed by atoms with Crippen molar-refractivity contribution in [3.05, 3.63) is 36.2 Å². The number of hydrogen-bond acceptors (Lipinski definition) is 6. The van der Waals surface area contributed by atoms with Crippen LogP contribution in [-0.4, -0.2) is 46.0 Å². The molecule has 0 spiro atoms. The van der Waals surface area contributed by atoms with E-state index in [9.17, 15) is 5.26 Å². The van der Waals surface area contributed by atoms with E-state index in [-0.39, 0.29) is 6.04 Å². The topological polar surface area (TPSA) is 90.7 Å². The van der Waals surface area contributed by atoms with E-state index in [4.69, 9.17) is 9.72 Å². The van der Waals surface area contributed by atoms with Gasteiger partial charge in [-0.1, -0.05) is 0 Å². The highest BCUT2D eigenvalue weighted by molar-refractivity contribution is 5.95. The van der Waals surface area contributed by atoms with Crippen LogP contribution in [0.15, 0.2) is 30.6 Å². The first kappa shape index (κ1) is 14.6. The number of morpholine rings is 1. The van der Waals surface area contributed by atoms with E-state index in [1.165, 1.54) is 0 Å². The average molecular weight is 320 g/mol. The predicted octanol–water partition coefficient (Wildman–Crippen LogP) is 2.12. The van der Waals surface area contributed by atoms with Gasteiger partial charge in [-0.2, -0.15) is 10.4 Å². The van der Waals surface area contributed by atoms with Crippen molar-refractivity contribution in [2.75, 3.05) is 24.7 Å². The van der Waals surface area contributed by atoms with E-state index in [0.29, 0.717) is 30.0 Å². The quantitative estimate of drug-likeness (QED) is 0.777. The van der Waals surface area contributed by atoms with Crippen LogP contribution in [0.25, 0.3) is 22.3 Å². The van der Waals surface area contributed by atoms with Crippen molar-refractivity contribution >= 4 is 16.7 Å². The summed E-state index contributed by atoms with van der Waals surface area (Å²) in [5, 5.41) is 17.3. The molecule has 1 N–H and O–H groups in total. The number of nitriles is 1. The Bertz CT molecular complexity index is 915. The van der Waals surface area contributed by atoms with Gasteiger partial charge >= 0.3 is 0 Å². The van der Waals surface area contributed by atoms with Gasteiger partial charge in [-0.05, 0) is 25.1 Å². The number of nitrogens with zero attached hydrogens (tertiary/aromatic N) is 5. The fourth-order valence-corrected chi connectivity index (χ4v) is 3.03. The molecule has 0 bridgehead atoms. The normalized spacial score (nSPS) is 17.8. The summed E-state index contributed by atoms with van der Waals surface area (Å²) in [6.07, 6.45) is 3.37. The van der Waals surface area contributed by atoms with Crippen molar-refractivity contribution in [1.29, 1.82) is 5.26 Å². The van der Waals surface area contributed by atoms with Crippen LogP contribution in [0.5, 0.6) is 0 Å². The first-order valence-corrected chi connectivity index (χ1v) is 7.82. The third-order valence-corrected chi connectivity index (χ3v) is 4.25. The summed E-state index contributed by atoms with van der Waals surface area (Å²) in [4.78, 5) is 11.4. The second-order valence-electron chi connectivity index (χ2n) is 5.78. The molecule has 4 heterocycles. The number of aromatic amines is 1. The molecule has 0 aliphatic carbocycles. The molecule has 1 aliphatic heterocycles. The molecule has 1 aliphatic rings. The highest BCUT2D eigenvalue weighted by Gasteiger charge is 2.22. The summed E-state index contributed by atoms with van der Waals surface area (Å²) in [6, 6.07) is 8.02. The number of hydrogen-bond donors (Lipinski definition) is 1. The molecule has 1 unspecified atom stereocenters. The third-order valence-electron chi connectivity index (χ3n) is 4.25. The van der Waals surface area contributed by atoms with Crippen LogP contribution < -0.4 is 4.90 Å². The summed E-state index contributed by atoms with van der Waals surface area (Å²) in [5.74, 6) is 0.781. The number of ether oxygens (including phenoxy) is 1. The standard InChI is InChI=1S/C17H16N6O/c1-11-10-24-7-6-23(11)15-8-12(9-18)13-2-4-19-17(16(13)21-15)14-3-5-20-22-14/h2-5,8,11H,6-7,10H2,1H3,(H,20,22). The van der Waals surface area contributed by atoms with Crippen LogP contribution in [0, 0.1) is 11.3 Å². The minimum Gasteiger partial charge on any atom is -0.377 e. The second-order valence-corrected chi connectivity index (χ2v) is 5.78. The number of aromatic nitrogens is 4. The number of pyridine rings is 2. The maximum Gasteiger partial charge on any atom is 0.131 e. The van der Waals surface area contributed by atoms with Gasteiger partial charge in [0.05, 0.1) is 36.6 Å². The molecule has 3 aromatic rings. The Labute approximate surface area is 138 Å². The second kappa shape index (κ2) is 5.91. The number of H-pyrrole nitrogens is 1. The molecule has 7 heteroatoms. The molecule has 24 heavy (non-hydrogen) atoms. The van der Waals surface area contributed by atoms with E-state index in [2.05, 4.69) is 33.1 Å². The molecule has 7 nitrogen and oxygen atoms in total. The zero-order valence-corrected chi connectivity index (χ0v) is 13.2. The van der Waals surface area contributed by atoms with Crippen LogP contribution in [0.1, 0.15) is 12.5 Å². The van der Waals surface area contributed by atoms with Gasteiger partial charge in [0.1, 0.15) is 17.0 Å². The van der Waals surface area contributed by atoms with Gasteiger partial charge in [-0.15, -0.1) is 0 Å². The lowest BCUT2D eigenvalue weighted by atomic mass is 10.1. The third kappa shape index (κ3) is 2.37. The van der Waals surface area contributed by atoms with Gasteiger partial charge in [0, 0.05) is 24.3 Å². The first-order chi connectivity index (χ1) is 11.8. The average Bonchev–Trinajstić information content (AvgIpc) is 3.15.